The molecule has 0 saturated carbocycles. The van der Waals surface area contributed by atoms with E-state index in [0.717, 1.165) is 41.7 Å². The van der Waals surface area contributed by atoms with Gasteiger partial charge in [-0.25, -0.2) is 17.3 Å². The van der Waals surface area contributed by atoms with Crippen molar-refractivity contribution in [3.63, 3.8) is 0 Å². The molecule has 62 heavy (non-hydrogen) atoms. The van der Waals surface area contributed by atoms with Crippen LogP contribution in [0.3, 0.4) is 0 Å². The Bertz CT molecular complexity index is 1840. The average molecular weight is 974 g/mol. The first-order valence-corrected chi connectivity index (χ1v) is 23.2. The third kappa shape index (κ3) is 28.9. The zero-order valence-electron chi connectivity index (χ0n) is 39.0. The molecule has 0 aliphatic carbocycles. The minimum absolute atomic E-state index is 0. The molecule has 18 heteroatoms. The van der Waals surface area contributed by atoms with Crippen molar-refractivity contribution in [1.29, 1.82) is 0 Å². The molecule has 0 aliphatic rings. The fourth-order valence-electron chi connectivity index (χ4n) is 3.93. The van der Waals surface area contributed by atoms with Gasteiger partial charge in [-0.05, 0) is 123 Å². The fraction of sp³-hybridized carbons (Fsp3) is 0.500. The number of carbonyl (C=O) groups excluding carboxylic acids is 1. The van der Waals surface area contributed by atoms with Crippen molar-refractivity contribution in [2.75, 3.05) is 0 Å². The summed E-state index contributed by atoms with van der Waals surface area (Å²) in [5.41, 5.74) is 10.5. The van der Waals surface area contributed by atoms with Crippen LogP contribution in [0.25, 0.3) is 0 Å². The highest BCUT2D eigenvalue weighted by Crippen LogP contribution is 2.19. The SMILES string of the molecule is CC(C)(C)S(N)=O.CCC(=NS(=O)C(C)(C)C)c1cccnc1.CCC(=O)c1cccnc1.CC[C@@H](N)c1cccnc1.CC[C@@H](NS(=O)C(C)(C)C)c1cccnc1.S.S.S. The minimum Gasteiger partial charge on any atom is -0.324 e. The maximum Gasteiger partial charge on any atom is 0.164 e. The standard InChI is InChI=1S/C12H20N2OS.C12H18N2OS.C8H12N2.C8H9NO.C4H11NOS.3H2S/c2*1-5-11(10-7-6-8-13-9-10)14-16(15)12(2,3)4;1-2-8(9)7-4-3-5-10-6-7;1-2-8(10)7-4-3-5-9-6-7;1-4(2,3)7(5)6;;;/h6-9,11,14H,5H2,1-4H3;6-9H,5H2,1-4H3;3-6,8H,2,9H2,1H3;3-6H,2H2,1H3;5H2,1-3H3;3*1H2/t11-,16?;;8-;;;;;/m1.1...../s1. The average Bonchev–Trinajstić information content (AvgIpc) is 3.22. The van der Waals surface area contributed by atoms with E-state index in [1.165, 1.54) is 0 Å². The van der Waals surface area contributed by atoms with Gasteiger partial charge in [0, 0.05) is 79.2 Å². The summed E-state index contributed by atoms with van der Waals surface area (Å²) in [6, 6.07) is 15.4. The highest BCUT2D eigenvalue weighted by molar-refractivity contribution is 7.85. The molecule has 0 saturated heterocycles. The second-order valence-electron chi connectivity index (χ2n) is 16.0. The number of Topliss-reactive ketones (excluding diaryl/α,β-unsaturated/α-hetero) is 1. The van der Waals surface area contributed by atoms with E-state index in [2.05, 4.69) is 42.9 Å². The van der Waals surface area contributed by atoms with Gasteiger partial charge < -0.3 is 5.73 Å². The molecular formula is C44H76N8O4S6. The quantitative estimate of drug-likeness (QED) is 0.0970. The lowest BCUT2D eigenvalue weighted by Gasteiger charge is -2.23. The van der Waals surface area contributed by atoms with Crippen LogP contribution in [0, 0.1) is 0 Å². The lowest BCUT2D eigenvalue weighted by atomic mass is 10.1. The van der Waals surface area contributed by atoms with Crippen LogP contribution >= 0.6 is 40.5 Å². The number of aromatic nitrogens is 4. The summed E-state index contributed by atoms with van der Waals surface area (Å²) in [4.78, 5) is 26.9. The summed E-state index contributed by atoms with van der Waals surface area (Å²) < 4.78 is 40.9. The van der Waals surface area contributed by atoms with E-state index in [1.54, 1.807) is 49.3 Å². The van der Waals surface area contributed by atoms with Crippen LogP contribution < -0.4 is 15.6 Å². The van der Waals surface area contributed by atoms with Crippen molar-refractivity contribution in [3.8, 4) is 0 Å². The van der Waals surface area contributed by atoms with Crippen molar-refractivity contribution in [2.24, 2.45) is 15.3 Å². The van der Waals surface area contributed by atoms with Gasteiger partial charge in [-0.2, -0.15) is 44.9 Å². The molecule has 3 unspecified atom stereocenters. The first kappa shape index (κ1) is 65.9. The van der Waals surface area contributed by atoms with Crippen LogP contribution in [-0.4, -0.2) is 58.3 Å². The van der Waals surface area contributed by atoms with Crippen LogP contribution in [0.5, 0.6) is 0 Å². The lowest BCUT2D eigenvalue weighted by molar-refractivity contribution is 0.0987. The third-order valence-corrected chi connectivity index (χ3v) is 12.1. The van der Waals surface area contributed by atoms with Crippen molar-refractivity contribution < 1.29 is 17.4 Å². The summed E-state index contributed by atoms with van der Waals surface area (Å²) >= 11 is 0. The number of hydrogen-bond donors (Lipinski definition) is 3. The van der Waals surface area contributed by atoms with Gasteiger partial charge in [0.05, 0.1) is 41.9 Å². The van der Waals surface area contributed by atoms with E-state index in [0.29, 0.717) is 12.0 Å². The number of pyridine rings is 4. The molecular weight excluding hydrogens is 897 g/mol. The van der Waals surface area contributed by atoms with Crippen LogP contribution in [0.2, 0.25) is 0 Å². The number of hydrogen-bond acceptors (Lipinski definition) is 9. The fourth-order valence-corrected chi connectivity index (χ4v) is 5.55. The molecule has 0 fully saturated rings. The van der Waals surface area contributed by atoms with Gasteiger partial charge in [0.25, 0.3) is 0 Å². The van der Waals surface area contributed by atoms with Crippen LogP contribution in [-0.2, 0) is 33.0 Å². The highest BCUT2D eigenvalue weighted by atomic mass is 32.2. The summed E-state index contributed by atoms with van der Waals surface area (Å²) in [5.74, 6) is 0.146. The second-order valence-corrected chi connectivity index (χ2v) is 21.7. The van der Waals surface area contributed by atoms with Gasteiger partial charge in [0.2, 0.25) is 0 Å². The summed E-state index contributed by atoms with van der Waals surface area (Å²) in [7, 11) is -3.44. The molecule has 4 heterocycles. The zero-order chi connectivity index (χ0) is 45.2. The highest BCUT2D eigenvalue weighted by Gasteiger charge is 2.23. The Kier molecular flexibility index (Phi) is 36.9. The third-order valence-electron chi connectivity index (χ3n) is 7.81. The Labute approximate surface area is 402 Å². The molecule has 0 bridgehead atoms. The smallest absolute Gasteiger partial charge is 0.164 e. The summed E-state index contributed by atoms with van der Waals surface area (Å²) in [6.07, 6.45) is 17.0. The van der Waals surface area contributed by atoms with Crippen molar-refractivity contribution in [1.82, 2.24) is 24.7 Å². The van der Waals surface area contributed by atoms with E-state index in [4.69, 9.17) is 10.9 Å². The van der Waals surface area contributed by atoms with Gasteiger partial charge >= 0.3 is 0 Å². The molecule has 4 aromatic heterocycles. The molecule has 5 N–H and O–H groups in total. The first-order chi connectivity index (χ1) is 27.5. The Balaban J connectivity index is -0.000000345. The number of nitrogens with two attached hydrogens (primary N) is 2. The van der Waals surface area contributed by atoms with E-state index in [9.17, 15) is 17.4 Å². The zero-order valence-corrected chi connectivity index (χ0v) is 44.4. The molecule has 0 radical (unpaired) electrons. The first-order valence-electron chi connectivity index (χ1n) is 19.8. The Morgan fingerprint density at radius 2 is 1.05 bits per heavy atom. The number of nitrogens with zero attached hydrogens (tertiary/aromatic N) is 5. The number of ketones is 1. The van der Waals surface area contributed by atoms with Gasteiger partial charge in [0.15, 0.2) is 5.78 Å². The topological polar surface area (TPSA) is 196 Å². The molecule has 0 aliphatic heterocycles. The molecule has 5 atom stereocenters. The molecule has 0 aromatic carbocycles. The molecule has 4 rings (SSSR count). The van der Waals surface area contributed by atoms with Crippen molar-refractivity contribution in [3.05, 3.63) is 120 Å². The van der Waals surface area contributed by atoms with Crippen LogP contribution in [0.4, 0.5) is 0 Å². The maximum atomic E-state index is 12.0. The normalized spacial score (nSPS) is 13.4. The molecule has 0 spiro atoms. The van der Waals surface area contributed by atoms with Gasteiger partial charge in [-0.3, -0.25) is 29.9 Å². The Hall–Kier alpha value is -2.68. The van der Waals surface area contributed by atoms with Gasteiger partial charge in [-0.1, -0.05) is 45.9 Å². The van der Waals surface area contributed by atoms with E-state index in [1.807, 2.05) is 125 Å². The van der Waals surface area contributed by atoms with E-state index >= 15 is 0 Å². The Morgan fingerprint density at radius 3 is 1.35 bits per heavy atom. The summed E-state index contributed by atoms with van der Waals surface area (Å²) in [5, 5.41) is 5.04. The van der Waals surface area contributed by atoms with Gasteiger partial charge in [-0.15, -0.1) is 0 Å². The largest absolute Gasteiger partial charge is 0.324 e. The number of rotatable bonds is 11. The number of nitrogens with one attached hydrogen (secondary N) is 1. The lowest BCUT2D eigenvalue weighted by Crippen LogP contribution is -2.35. The van der Waals surface area contributed by atoms with Crippen LogP contribution in [0.1, 0.15) is 155 Å². The predicted octanol–water partition coefficient (Wildman–Crippen LogP) is 9.24. The summed E-state index contributed by atoms with van der Waals surface area (Å²) in [6.45, 7) is 25.2. The van der Waals surface area contributed by atoms with Crippen LogP contribution in [0.15, 0.2) is 103 Å². The van der Waals surface area contributed by atoms with Crippen molar-refractivity contribution >= 4 is 84.9 Å². The molecule has 12 nitrogen and oxygen atoms in total. The van der Waals surface area contributed by atoms with E-state index < -0.39 is 33.0 Å². The molecule has 0 amide bonds. The Morgan fingerprint density at radius 1 is 0.629 bits per heavy atom. The second kappa shape index (κ2) is 34.7. The monoisotopic (exact) mass is 972 g/mol. The van der Waals surface area contributed by atoms with Crippen molar-refractivity contribution in [2.45, 2.75) is 142 Å². The maximum absolute atomic E-state index is 12.0. The van der Waals surface area contributed by atoms with Gasteiger partial charge in [0.1, 0.15) is 11.0 Å². The predicted molar refractivity (Wildman–Crippen MR) is 281 cm³/mol. The molecule has 352 valence electrons. The minimum atomic E-state index is -1.21. The van der Waals surface area contributed by atoms with E-state index in [-0.39, 0.29) is 72.6 Å². The molecule has 4 aromatic rings. The number of carbonyl (C=O) groups is 1.